The van der Waals surface area contributed by atoms with Crippen molar-refractivity contribution in [1.29, 1.82) is 15.8 Å². The highest BCUT2D eigenvalue weighted by molar-refractivity contribution is 7.12. The summed E-state index contributed by atoms with van der Waals surface area (Å²) in [5, 5.41) is 39.3. The van der Waals surface area contributed by atoms with E-state index in [1.54, 1.807) is 62.9 Å². The molecule has 0 spiro atoms. The SMILES string of the molecule is N#Cc1c(N2CCN(C(=O)c3cccs3)CC2)c2cc(F)ccc2n(Cc2ccc(F)cc2)c1=O.N#Cc1c(N2CCN(C(=O)c3cccs3)CC2)c2ccccc2n(Cc2ccc(OC(F)(F)F)cc2)c1=O.N#Cc1c(N2CCN(C(=O)c3ccsc3)CC2)c2ccccc2n(Cc2ccc(F)cc2)c1=O. The lowest BCUT2D eigenvalue weighted by molar-refractivity contribution is -0.274. The first-order valence-corrected chi connectivity index (χ1v) is 36.4. The van der Waals surface area contributed by atoms with E-state index in [0.29, 0.717) is 149 Å². The van der Waals surface area contributed by atoms with Crippen molar-refractivity contribution in [3.8, 4) is 24.0 Å². The Morgan fingerprint density at radius 2 is 0.776 bits per heavy atom. The molecular weight excluding hydrogens is 1440 g/mol. The number of alkyl halides is 3. The maximum Gasteiger partial charge on any atom is 0.573 e. The molecule has 3 fully saturated rings. The van der Waals surface area contributed by atoms with Crippen LogP contribution in [0.2, 0.25) is 0 Å². The number of aromatic nitrogens is 3. The second-order valence-electron chi connectivity index (χ2n) is 25.1. The van der Waals surface area contributed by atoms with Gasteiger partial charge in [-0.3, -0.25) is 28.8 Å². The van der Waals surface area contributed by atoms with Gasteiger partial charge in [-0.25, -0.2) is 13.2 Å². The van der Waals surface area contributed by atoms with Crippen molar-refractivity contribution in [2.24, 2.45) is 0 Å². The molecule has 540 valence electrons. The van der Waals surface area contributed by atoms with Crippen LogP contribution in [0.5, 0.6) is 5.75 Å². The molecule has 19 nitrogen and oxygen atoms in total. The van der Waals surface area contributed by atoms with Crippen LogP contribution >= 0.6 is 34.0 Å². The van der Waals surface area contributed by atoms with Gasteiger partial charge in [0, 0.05) is 100 Å². The number of hydrogen-bond donors (Lipinski definition) is 0. The summed E-state index contributed by atoms with van der Waals surface area (Å²) in [5.74, 6) is -1.66. The van der Waals surface area contributed by atoms with Gasteiger partial charge in [-0.1, -0.05) is 84.9 Å². The van der Waals surface area contributed by atoms with Crippen LogP contribution in [0.25, 0.3) is 32.7 Å². The van der Waals surface area contributed by atoms with E-state index in [9.17, 15) is 70.9 Å². The van der Waals surface area contributed by atoms with E-state index in [-0.39, 0.29) is 71.2 Å². The van der Waals surface area contributed by atoms with Crippen LogP contribution in [0.3, 0.4) is 0 Å². The smallest absolute Gasteiger partial charge is 0.406 e. The summed E-state index contributed by atoms with van der Waals surface area (Å²) >= 11 is 4.26. The summed E-state index contributed by atoms with van der Waals surface area (Å²) in [7, 11) is 0. The molecule has 0 bridgehead atoms. The van der Waals surface area contributed by atoms with Crippen molar-refractivity contribution in [2.45, 2.75) is 26.0 Å². The Labute approximate surface area is 619 Å². The molecule has 0 unspecified atom stereocenters. The molecule has 9 heterocycles. The predicted octanol–water partition coefficient (Wildman–Crippen LogP) is 13.2. The molecule has 3 saturated heterocycles. The van der Waals surface area contributed by atoms with E-state index in [4.69, 9.17) is 0 Å². The first-order valence-electron chi connectivity index (χ1n) is 33.7. The number of carbonyl (C=O) groups excluding carboxylic acids is 3. The minimum Gasteiger partial charge on any atom is -0.406 e. The molecule has 0 radical (unpaired) electrons. The topological polar surface area (TPSA) is 217 Å². The van der Waals surface area contributed by atoms with Gasteiger partial charge >= 0.3 is 6.36 Å². The Bertz CT molecular complexity index is 5620. The number of fused-ring (bicyclic) bond motifs is 3. The number of piperazine rings is 3. The van der Waals surface area contributed by atoms with Gasteiger partial charge in [0.05, 0.1) is 68.6 Å². The number of pyridine rings is 3. The fourth-order valence-corrected chi connectivity index (χ4v) is 15.6. The van der Waals surface area contributed by atoms with Crippen molar-refractivity contribution in [3.63, 3.8) is 0 Å². The third kappa shape index (κ3) is 15.9. The quantitative estimate of drug-likeness (QED) is 0.0983. The number of ether oxygens (including phenoxy) is 1. The molecule has 3 amide bonds. The second kappa shape index (κ2) is 32.0. The molecule has 107 heavy (non-hydrogen) atoms. The van der Waals surface area contributed by atoms with Crippen LogP contribution in [0.1, 0.15) is 63.1 Å². The molecule has 12 aromatic rings. The van der Waals surface area contributed by atoms with Gasteiger partial charge in [0.15, 0.2) is 0 Å². The number of carbonyl (C=O) groups is 3. The average Bonchev–Trinajstić information content (AvgIpc) is 1.76. The summed E-state index contributed by atoms with van der Waals surface area (Å²) < 4.78 is 86.9. The van der Waals surface area contributed by atoms with Crippen LogP contribution in [0, 0.1) is 51.4 Å². The van der Waals surface area contributed by atoms with Gasteiger partial charge in [-0.15, -0.1) is 35.8 Å². The summed E-state index contributed by atoms with van der Waals surface area (Å²) in [5.41, 5.74) is 4.63. The highest BCUT2D eigenvalue weighted by Gasteiger charge is 2.33. The van der Waals surface area contributed by atoms with E-state index in [2.05, 4.69) is 16.9 Å². The third-order valence-corrected chi connectivity index (χ3v) is 21.1. The summed E-state index contributed by atoms with van der Waals surface area (Å²) in [6, 6.07) is 51.2. The number of halogens is 6. The summed E-state index contributed by atoms with van der Waals surface area (Å²) in [6.45, 7) is 5.91. The number of anilines is 3. The number of benzene rings is 6. The van der Waals surface area contributed by atoms with Crippen LogP contribution < -0.4 is 36.1 Å². The molecule has 0 saturated carbocycles. The van der Waals surface area contributed by atoms with E-state index in [0.717, 1.165) is 10.9 Å². The Kier molecular flexibility index (Phi) is 21.8. The average molecular weight is 1500 g/mol. The zero-order valence-corrected chi connectivity index (χ0v) is 59.2. The predicted molar refractivity (Wildman–Crippen MR) is 399 cm³/mol. The first-order chi connectivity index (χ1) is 51.8. The number of hydrogen-bond acceptors (Lipinski definition) is 16. The minimum atomic E-state index is -4.80. The largest absolute Gasteiger partial charge is 0.573 e. The molecule has 0 aliphatic carbocycles. The number of nitrogens with zero attached hydrogens (tertiary/aromatic N) is 12. The number of nitriles is 3. The Morgan fingerprint density at radius 1 is 0.411 bits per heavy atom. The zero-order chi connectivity index (χ0) is 75.0. The standard InChI is InChI=1S/C27H21F3N4O3S.C26H20F2N4O2S.C26H21FN4O2S/c28-27(29,30)37-19-9-7-18(8-10-19)17-34-22-5-2-1-4-20(22)24(21(16-31)25(34)35)32-11-13-33(14-12-32)26(36)23-6-3-15-38-23;27-18-5-3-17(4-6-18)16-32-22-8-7-19(28)14-20(22)24(21(15-29)25(32)33)30-9-11-31(12-10-30)26(34)23-2-1-13-35-23;27-20-7-5-18(6-8-20)16-31-23-4-2-1-3-21(23)24(22(15-28)26(31)33)29-10-12-30(13-11-29)25(32)19-9-14-34-17-19/h1-10,15H,11-14,17H2;1-8,13-14H,9-12,16H2;1-9,14,17H,10-13,16H2. The molecule has 28 heteroatoms. The van der Waals surface area contributed by atoms with Gasteiger partial charge in [0.25, 0.3) is 34.4 Å². The highest BCUT2D eigenvalue weighted by Crippen LogP contribution is 2.35. The second-order valence-corrected chi connectivity index (χ2v) is 27.8. The fraction of sp³-hybridized carbons (Fsp3) is 0.203. The molecule has 0 atom stereocenters. The Hall–Kier alpha value is -12.3. The van der Waals surface area contributed by atoms with E-state index >= 15 is 0 Å². The minimum absolute atomic E-state index is 0.000907. The van der Waals surface area contributed by atoms with Crippen LogP contribution in [0.15, 0.2) is 206 Å². The highest BCUT2D eigenvalue weighted by atomic mass is 32.1. The molecule has 0 N–H and O–H groups in total. The molecule has 3 aliphatic rings. The normalized spacial score (nSPS) is 13.8. The molecular formula is C79H62F6N12O7S3. The fourth-order valence-electron chi connectivity index (χ4n) is 13.6. The maximum atomic E-state index is 14.4. The monoisotopic (exact) mass is 1500 g/mol. The van der Waals surface area contributed by atoms with Gasteiger partial charge in [0.1, 0.15) is 58.1 Å². The zero-order valence-electron chi connectivity index (χ0n) is 56.8. The lowest BCUT2D eigenvalue weighted by Gasteiger charge is -2.37. The summed E-state index contributed by atoms with van der Waals surface area (Å²) in [6.07, 6.45) is -4.80. The van der Waals surface area contributed by atoms with Gasteiger partial charge in [0.2, 0.25) is 0 Å². The van der Waals surface area contributed by atoms with Crippen molar-refractivity contribution in [1.82, 2.24) is 28.4 Å². The summed E-state index contributed by atoms with van der Waals surface area (Å²) in [4.78, 5) is 91.1. The number of rotatable bonds is 13. The lowest BCUT2D eigenvalue weighted by atomic mass is 10.1. The van der Waals surface area contributed by atoms with Crippen molar-refractivity contribution in [2.75, 3.05) is 93.2 Å². The molecule has 15 rings (SSSR count). The Balaban J connectivity index is 0.000000142. The van der Waals surface area contributed by atoms with Gasteiger partial charge < -0.3 is 47.8 Å². The molecule has 3 aliphatic heterocycles. The van der Waals surface area contributed by atoms with Crippen molar-refractivity contribution < 1.29 is 45.5 Å². The van der Waals surface area contributed by atoms with E-state index in [1.165, 1.54) is 110 Å². The lowest BCUT2D eigenvalue weighted by Crippen LogP contribution is -2.49. The van der Waals surface area contributed by atoms with Crippen molar-refractivity contribution >= 4 is 102 Å². The van der Waals surface area contributed by atoms with Crippen molar-refractivity contribution in [3.05, 3.63) is 289 Å². The third-order valence-electron chi connectivity index (χ3n) is 18.7. The Morgan fingerprint density at radius 3 is 1.14 bits per heavy atom. The van der Waals surface area contributed by atoms with Crippen LogP contribution in [0.4, 0.5) is 43.4 Å². The maximum absolute atomic E-state index is 14.4. The van der Waals surface area contributed by atoms with Crippen LogP contribution in [-0.2, 0) is 19.6 Å². The van der Waals surface area contributed by atoms with E-state index in [1.807, 2.05) is 102 Å². The number of thiophene rings is 3. The first kappa shape index (κ1) is 73.0. The molecule has 6 aromatic heterocycles. The number of para-hydroxylation sites is 2. The molecule has 6 aromatic carbocycles. The van der Waals surface area contributed by atoms with Gasteiger partial charge in [-0.2, -0.15) is 27.1 Å². The van der Waals surface area contributed by atoms with Gasteiger partial charge in [-0.05, 0) is 118 Å². The number of amides is 3. The van der Waals surface area contributed by atoms with Crippen LogP contribution in [-0.4, -0.2) is 131 Å². The van der Waals surface area contributed by atoms with E-state index < -0.39 is 29.1 Å².